The highest BCUT2D eigenvalue weighted by atomic mass is 19.4. The summed E-state index contributed by atoms with van der Waals surface area (Å²) in [6.45, 7) is -2.21. The van der Waals surface area contributed by atoms with E-state index in [1.54, 1.807) is 0 Å². The minimum Gasteiger partial charge on any atom is -0.493 e. The molecule has 0 aromatic carbocycles. The fourth-order valence-corrected chi connectivity index (χ4v) is 1.60. The molecular weight excluding hydrogens is 437 g/mol. The Morgan fingerprint density at radius 2 is 1.25 bits per heavy atom. The van der Waals surface area contributed by atoms with Crippen LogP contribution in [0.15, 0.2) is 6.20 Å². The maximum Gasteiger partial charge on any atom is 0.460 e. The molecule has 0 atom stereocenters. The first-order valence-corrected chi connectivity index (χ1v) is 6.66. The Morgan fingerprint density at radius 3 is 1.68 bits per heavy atom. The molecule has 0 bridgehead atoms. The molecule has 0 saturated heterocycles. The lowest BCUT2D eigenvalue weighted by Crippen LogP contribution is -2.70. The molecule has 1 aromatic heterocycles. The first-order valence-electron chi connectivity index (χ1n) is 6.66. The normalized spacial score (nSPS) is 15.2. The van der Waals surface area contributed by atoms with Crippen molar-refractivity contribution < 1.29 is 61.8 Å². The van der Waals surface area contributed by atoms with Crippen LogP contribution in [0.1, 0.15) is 12.1 Å². The molecule has 0 saturated carbocycles. The minimum atomic E-state index is -7.90. The van der Waals surface area contributed by atoms with Crippen molar-refractivity contribution in [3.8, 4) is 0 Å². The molecular formula is C11H7F13N3O-. The fourth-order valence-electron chi connectivity index (χ4n) is 1.60. The summed E-state index contributed by atoms with van der Waals surface area (Å²) in [6.07, 6.45) is -8.94. The van der Waals surface area contributed by atoms with E-state index in [1.165, 1.54) is 0 Å². The van der Waals surface area contributed by atoms with E-state index in [9.17, 15) is 57.1 Å². The van der Waals surface area contributed by atoms with Crippen molar-refractivity contribution in [3.63, 3.8) is 0 Å². The molecule has 28 heavy (non-hydrogen) atoms. The van der Waals surface area contributed by atoms with Crippen LogP contribution in [0.5, 0.6) is 0 Å². The number of aromatic nitrogens is 3. The molecule has 0 radical (unpaired) electrons. The van der Waals surface area contributed by atoms with Crippen LogP contribution in [-0.4, -0.2) is 52.6 Å². The molecule has 1 aromatic rings. The van der Waals surface area contributed by atoms with Crippen LogP contribution in [0.25, 0.3) is 0 Å². The average molecular weight is 444 g/mol. The molecule has 17 heteroatoms. The molecule has 0 aliphatic rings. The van der Waals surface area contributed by atoms with Crippen LogP contribution in [-0.2, 0) is 11.3 Å². The number of rotatable bonds is 9. The first kappa shape index (κ1) is 24.2. The van der Waals surface area contributed by atoms with Crippen LogP contribution in [0.2, 0.25) is 0 Å². The van der Waals surface area contributed by atoms with Crippen molar-refractivity contribution in [2.75, 3.05) is 6.61 Å². The van der Waals surface area contributed by atoms with Crippen LogP contribution >= 0.6 is 0 Å². The minimum absolute atomic E-state index is 0.128. The number of hydrogen-bond acceptors (Lipinski definition) is 3. The van der Waals surface area contributed by atoms with E-state index in [1.807, 2.05) is 0 Å². The van der Waals surface area contributed by atoms with Gasteiger partial charge in [-0.1, -0.05) is 0 Å². The molecule has 0 aliphatic heterocycles. The van der Waals surface area contributed by atoms with Gasteiger partial charge in [0.05, 0.1) is 18.9 Å². The van der Waals surface area contributed by atoms with E-state index in [4.69, 9.17) is 0 Å². The van der Waals surface area contributed by atoms with Gasteiger partial charge in [0.15, 0.2) is 0 Å². The molecule has 0 amide bonds. The van der Waals surface area contributed by atoms with Crippen molar-refractivity contribution in [1.82, 2.24) is 15.4 Å². The highest BCUT2D eigenvalue weighted by Gasteiger charge is 2.90. The monoisotopic (exact) mass is 444 g/mol. The van der Waals surface area contributed by atoms with Gasteiger partial charge >= 0.3 is 35.8 Å². The summed E-state index contributed by atoms with van der Waals surface area (Å²) < 4.78 is 171. The van der Waals surface area contributed by atoms with E-state index in [0.717, 1.165) is 6.20 Å². The molecule has 0 fully saturated rings. The van der Waals surface area contributed by atoms with E-state index >= 15 is 0 Å². The van der Waals surface area contributed by atoms with Crippen LogP contribution in [0.4, 0.5) is 57.1 Å². The molecule has 0 unspecified atom stereocenters. The third-order valence-corrected chi connectivity index (χ3v) is 3.24. The van der Waals surface area contributed by atoms with Gasteiger partial charge in [0.25, 0.3) is 0 Å². The second kappa shape index (κ2) is 7.22. The van der Waals surface area contributed by atoms with E-state index < -0.39 is 55.4 Å². The Balaban J connectivity index is 3.01. The maximum atomic E-state index is 13.4. The number of hydrogen-bond donors (Lipinski definition) is 0. The first-order chi connectivity index (χ1) is 12.3. The molecule has 164 valence electrons. The predicted octanol–water partition coefficient (Wildman–Crippen LogP) is 4.08. The predicted molar refractivity (Wildman–Crippen MR) is 60.4 cm³/mol. The summed E-state index contributed by atoms with van der Waals surface area (Å²) in [5.74, 6) is -36.9. The lowest BCUT2D eigenvalue weighted by atomic mass is 9.93. The lowest BCUT2D eigenvalue weighted by Gasteiger charge is -2.39. The number of halogens is 13. The topological polar surface area (TPSA) is 49.1 Å². The largest absolute Gasteiger partial charge is 0.493 e. The van der Waals surface area contributed by atoms with Gasteiger partial charge in [-0.2, -0.15) is 57.1 Å². The number of alkyl halides is 13. The average Bonchev–Trinajstić information content (AvgIpc) is 3.03. The standard InChI is InChI=1S/C11H7F13N3O/c12-6(13,1-2-28-4-5-3-25-27-26-5)7(14,15)8(16,17)9(18,19)10(20,21)11(22,23)24/h3H,1-2,4H2/q-1. The maximum absolute atomic E-state index is 13.4. The van der Waals surface area contributed by atoms with Crippen molar-refractivity contribution in [3.05, 3.63) is 11.9 Å². The summed E-state index contributed by atoms with van der Waals surface area (Å²) in [4.78, 5) is 0. The van der Waals surface area contributed by atoms with Crippen molar-refractivity contribution in [1.29, 1.82) is 0 Å². The Hall–Kier alpha value is -1.81. The Kier molecular flexibility index (Phi) is 6.25. The SMILES string of the molecule is FC(F)(F)C(F)(F)C(F)(F)C(F)(F)C(F)(F)C(F)(F)CCOCc1cn[n-]n1. The van der Waals surface area contributed by atoms with Gasteiger partial charge in [-0.25, -0.2) is 0 Å². The zero-order valence-electron chi connectivity index (χ0n) is 12.9. The smallest absolute Gasteiger partial charge is 0.460 e. The summed E-state index contributed by atoms with van der Waals surface area (Å²) in [6, 6.07) is 0. The summed E-state index contributed by atoms with van der Waals surface area (Å²) in [5.41, 5.74) is -0.128. The number of ether oxygens (including phenoxy) is 1. The lowest BCUT2D eigenvalue weighted by molar-refractivity contribution is -0.440. The van der Waals surface area contributed by atoms with Crippen LogP contribution < -0.4 is 5.21 Å². The van der Waals surface area contributed by atoms with Crippen LogP contribution in [0, 0.1) is 0 Å². The van der Waals surface area contributed by atoms with Gasteiger partial charge in [0.2, 0.25) is 0 Å². The van der Waals surface area contributed by atoms with Crippen molar-refractivity contribution in [2.45, 2.75) is 48.8 Å². The van der Waals surface area contributed by atoms with E-state index in [0.29, 0.717) is 0 Å². The van der Waals surface area contributed by atoms with Gasteiger partial charge in [-0.05, 0) is 0 Å². The van der Waals surface area contributed by atoms with Gasteiger partial charge in [-0.15, -0.1) is 0 Å². The van der Waals surface area contributed by atoms with Crippen molar-refractivity contribution >= 4 is 0 Å². The second-order valence-corrected chi connectivity index (χ2v) is 5.23. The summed E-state index contributed by atoms with van der Waals surface area (Å²) in [7, 11) is 0. The quantitative estimate of drug-likeness (QED) is 0.426. The third kappa shape index (κ3) is 3.84. The zero-order chi connectivity index (χ0) is 22.2. The van der Waals surface area contributed by atoms with Gasteiger partial charge < -0.3 is 20.1 Å². The molecule has 0 N–H and O–H groups in total. The Labute approximate surface area is 146 Å². The van der Waals surface area contributed by atoms with Gasteiger partial charge in [0.1, 0.15) is 0 Å². The number of nitrogens with zero attached hydrogens (tertiary/aromatic N) is 3. The van der Waals surface area contributed by atoms with Crippen molar-refractivity contribution in [2.24, 2.45) is 0 Å². The molecule has 1 heterocycles. The fraction of sp³-hybridized carbons (Fsp3) is 0.818. The molecule has 4 nitrogen and oxygen atoms in total. The third-order valence-electron chi connectivity index (χ3n) is 3.24. The molecule has 0 aliphatic carbocycles. The van der Waals surface area contributed by atoms with Gasteiger partial charge in [0, 0.05) is 12.6 Å². The second-order valence-electron chi connectivity index (χ2n) is 5.23. The highest BCUT2D eigenvalue weighted by molar-refractivity contribution is 5.10. The summed E-state index contributed by atoms with van der Waals surface area (Å²) in [5, 5.41) is 9.32. The van der Waals surface area contributed by atoms with Crippen LogP contribution in [0.3, 0.4) is 0 Å². The Bertz CT molecular complexity index is 641. The Morgan fingerprint density at radius 1 is 0.750 bits per heavy atom. The van der Waals surface area contributed by atoms with Gasteiger partial charge in [-0.3, -0.25) is 0 Å². The molecule has 1 rings (SSSR count). The highest BCUT2D eigenvalue weighted by Crippen LogP contribution is 2.60. The zero-order valence-corrected chi connectivity index (χ0v) is 12.9. The van der Waals surface area contributed by atoms with E-state index in [-0.39, 0.29) is 5.69 Å². The van der Waals surface area contributed by atoms with E-state index in [2.05, 4.69) is 20.1 Å². The molecule has 0 spiro atoms. The summed E-state index contributed by atoms with van der Waals surface area (Å²) >= 11 is 0.